The van der Waals surface area contributed by atoms with Crippen LogP contribution in [-0.4, -0.2) is 0 Å². The Morgan fingerprint density at radius 3 is 2.22 bits per heavy atom. The van der Waals surface area contributed by atoms with Crippen LogP contribution in [-0.2, 0) is 6.42 Å². The van der Waals surface area contributed by atoms with Gasteiger partial charge in [0, 0.05) is 0 Å². The van der Waals surface area contributed by atoms with Crippen LogP contribution in [0.25, 0.3) is 0 Å². The normalized spacial score (nSPS) is 8.11. The molecule has 0 heterocycles. The fourth-order valence-electron chi connectivity index (χ4n) is 0.657. The van der Waals surface area contributed by atoms with Crippen molar-refractivity contribution in [2.75, 3.05) is 0 Å². The van der Waals surface area contributed by atoms with Crippen molar-refractivity contribution in [3.63, 3.8) is 0 Å². The SMILES string of the molecule is CCc1cc[c-]cc1.[Rf]. The second-order valence-corrected chi connectivity index (χ2v) is 1.76. The summed E-state index contributed by atoms with van der Waals surface area (Å²) in [4.78, 5) is 0. The van der Waals surface area contributed by atoms with Gasteiger partial charge in [0.1, 0.15) is 0 Å². The minimum Gasteiger partial charge on any atom is -0.184 e. The molecule has 0 spiro atoms. The van der Waals surface area contributed by atoms with Gasteiger partial charge in [0.25, 0.3) is 0 Å². The predicted octanol–water partition coefficient (Wildman–Crippen LogP) is 2.05. The maximum absolute atomic E-state index is 2.97. The summed E-state index contributed by atoms with van der Waals surface area (Å²) in [5, 5.41) is 0. The predicted molar refractivity (Wildman–Crippen MR) is 34.7 cm³/mol. The molecule has 1 aromatic carbocycles. The summed E-state index contributed by atoms with van der Waals surface area (Å²) in [6.45, 7) is 2.15. The summed E-state index contributed by atoms with van der Waals surface area (Å²) in [5.74, 6) is 0. The second-order valence-electron chi connectivity index (χ2n) is 1.76. The van der Waals surface area contributed by atoms with Crippen molar-refractivity contribution >= 4 is 0 Å². The van der Waals surface area contributed by atoms with Gasteiger partial charge in [0.15, 0.2) is 0 Å². The number of benzene rings is 1. The largest absolute Gasteiger partial charge is 0.184 e. The van der Waals surface area contributed by atoms with E-state index < -0.39 is 0 Å². The first-order chi connectivity index (χ1) is 3.93. The molecule has 1 rings (SSSR count). The molecular formula is C8H9Rf-. The van der Waals surface area contributed by atoms with E-state index >= 15 is 0 Å². The van der Waals surface area contributed by atoms with Crippen LogP contribution >= 0.6 is 0 Å². The quantitative estimate of drug-likeness (QED) is 0.663. The van der Waals surface area contributed by atoms with Crippen molar-refractivity contribution in [2.45, 2.75) is 13.3 Å². The molecule has 0 saturated heterocycles. The van der Waals surface area contributed by atoms with Crippen molar-refractivity contribution in [1.82, 2.24) is 0 Å². The number of hydrogen-bond acceptors (Lipinski definition) is 0. The van der Waals surface area contributed by atoms with Crippen LogP contribution in [0.5, 0.6) is 0 Å². The van der Waals surface area contributed by atoms with Gasteiger partial charge in [-0.05, 0) is 0 Å². The Hall–Kier alpha value is -1.78. The molecule has 0 atom stereocenters. The van der Waals surface area contributed by atoms with Gasteiger partial charge in [-0.3, -0.25) is 0 Å². The molecule has 0 saturated carbocycles. The van der Waals surface area contributed by atoms with Gasteiger partial charge in [-0.1, -0.05) is 13.3 Å². The van der Waals surface area contributed by atoms with Gasteiger partial charge in [0.05, 0.1) is 0 Å². The van der Waals surface area contributed by atoms with Gasteiger partial charge in [-0.15, -0.1) is 0 Å². The van der Waals surface area contributed by atoms with Gasteiger partial charge in [0.2, 0.25) is 0 Å². The van der Waals surface area contributed by atoms with E-state index in [0.29, 0.717) is 0 Å². The Morgan fingerprint density at radius 2 is 1.89 bits per heavy atom. The zero-order valence-corrected chi connectivity index (χ0v) is 12.1. The molecule has 0 N–H and O–H groups in total. The van der Waals surface area contributed by atoms with E-state index in [1.807, 2.05) is 12.1 Å². The fourth-order valence-corrected chi connectivity index (χ4v) is 0.657. The summed E-state index contributed by atoms with van der Waals surface area (Å²) in [6.07, 6.45) is 1.12. The molecular weight excluding hydrogens is 363 g/mol. The third-order valence-electron chi connectivity index (χ3n) is 1.20. The molecule has 44 valence electrons. The minimum atomic E-state index is 0. The maximum Gasteiger partial charge on any atom is 0 e. The topological polar surface area (TPSA) is 0 Å². The maximum atomic E-state index is 2.97. The molecule has 0 fully saturated rings. The molecule has 1 heteroatoms. The summed E-state index contributed by atoms with van der Waals surface area (Å²) in [6, 6.07) is 11.0. The van der Waals surface area contributed by atoms with Crippen molar-refractivity contribution in [1.29, 1.82) is 0 Å². The van der Waals surface area contributed by atoms with Crippen molar-refractivity contribution in [3.8, 4) is 0 Å². The van der Waals surface area contributed by atoms with Crippen LogP contribution in [0.4, 0.5) is 0 Å². The minimum absolute atomic E-state index is 0. The van der Waals surface area contributed by atoms with E-state index in [2.05, 4.69) is 25.1 Å². The van der Waals surface area contributed by atoms with E-state index in [4.69, 9.17) is 0 Å². The van der Waals surface area contributed by atoms with E-state index in [-0.39, 0.29) is 0 Å². The molecule has 0 radical (unpaired) electrons. The first kappa shape index (κ1) is 7.22. The third-order valence-corrected chi connectivity index (χ3v) is 1.20. The van der Waals surface area contributed by atoms with E-state index in [1.54, 1.807) is 0 Å². The van der Waals surface area contributed by atoms with Gasteiger partial charge in [-0.2, -0.15) is 35.9 Å². The summed E-state index contributed by atoms with van der Waals surface area (Å²) < 4.78 is 0. The molecule has 0 nitrogen and oxygen atoms in total. The average Bonchev–Trinajstić information content (AvgIpc) is 1.90. The zero-order valence-electron chi connectivity index (χ0n) is 5.72. The van der Waals surface area contributed by atoms with Crippen LogP contribution in [0.15, 0.2) is 24.3 Å². The Bertz CT molecular complexity index is 146. The van der Waals surface area contributed by atoms with E-state index in [0.717, 1.165) is 6.42 Å². The molecule has 0 unspecified atom stereocenters. The monoisotopic (exact) mass is 372 g/mol. The summed E-state index contributed by atoms with van der Waals surface area (Å²) in [7, 11) is 0. The third kappa shape index (κ3) is 1.64. The standard InChI is InChI=1S/C8H9.Rf/c1-2-8-6-4-3-5-7-8;/h4-7H,2H2,1H3;/q-1;. The van der Waals surface area contributed by atoms with E-state index in [9.17, 15) is 0 Å². The van der Waals surface area contributed by atoms with Crippen molar-refractivity contribution in [3.05, 3.63) is 35.9 Å². The number of aryl methyl sites for hydroxylation is 1. The number of rotatable bonds is 1. The average molecular weight is 372 g/mol. The van der Waals surface area contributed by atoms with E-state index in [1.165, 1.54) is 5.56 Å². The Morgan fingerprint density at radius 1 is 1.33 bits per heavy atom. The second kappa shape index (κ2) is 3.25. The molecule has 0 bridgehead atoms. The zero-order chi connectivity index (χ0) is 5.82. The van der Waals surface area contributed by atoms with Crippen LogP contribution in [0.3, 0.4) is 0 Å². The fraction of sp³-hybridized carbons (Fsp3) is 0.250. The molecule has 9 heavy (non-hydrogen) atoms. The van der Waals surface area contributed by atoms with Gasteiger partial charge >= 0.3 is 0 Å². The smallest absolute Gasteiger partial charge is 0 e. The van der Waals surface area contributed by atoms with Crippen LogP contribution in [0.2, 0.25) is 0 Å². The Labute approximate surface area is 50.2 Å². The molecule has 0 amide bonds. The Kier molecular flexibility index (Phi) is 2.61. The number of hydrogen-bond donors (Lipinski definition) is 0. The Balaban J connectivity index is 0.000000640. The molecule has 0 aliphatic carbocycles. The molecule has 0 aliphatic heterocycles. The summed E-state index contributed by atoms with van der Waals surface area (Å²) in [5.41, 5.74) is 1.38. The first-order valence-corrected chi connectivity index (χ1v) is 2.88. The van der Waals surface area contributed by atoms with Crippen LogP contribution in [0.1, 0.15) is 12.5 Å². The van der Waals surface area contributed by atoms with Crippen LogP contribution in [0, 0.1) is 6.07 Å². The van der Waals surface area contributed by atoms with Crippen molar-refractivity contribution in [2.24, 2.45) is 0 Å². The van der Waals surface area contributed by atoms with Crippen molar-refractivity contribution < 1.29 is 0 Å². The van der Waals surface area contributed by atoms with Crippen LogP contribution < -0.4 is 0 Å². The first-order valence-electron chi connectivity index (χ1n) is 2.88. The molecule has 0 aliphatic rings. The molecule has 1 aromatic rings. The molecule has 0 aromatic heterocycles. The van der Waals surface area contributed by atoms with Gasteiger partial charge < -0.3 is 0 Å². The summed E-state index contributed by atoms with van der Waals surface area (Å²) >= 11 is 0. The van der Waals surface area contributed by atoms with Gasteiger partial charge in [-0.25, -0.2) is 0 Å².